The predicted molar refractivity (Wildman–Crippen MR) is 63.2 cm³/mol. The van der Waals surface area contributed by atoms with Crippen LogP contribution in [-0.4, -0.2) is 29.8 Å². The van der Waals surface area contributed by atoms with E-state index >= 15 is 0 Å². The summed E-state index contributed by atoms with van der Waals surface area (Å²) in [6.45, 7) is 0. The second-order valence-electron chi connectivity index (χ2n) is 4.12. The molecule has 0 aromatic heterocycles. The van der Waals surface area contributed by atoms with Crippen LogP contribution >= 0.6 is 11.6 Å². The van der Waals surface area contributed by atoms with Gasteiger partial charge in [-0.25, -0.2) is 0 Å². The molecule has 1 amide bonds. The van der Waals surface area contributed by atoms with Crippen LogP contribution in [0.5, 0.6) is 0 Å². The van der Waals surface area contributed by atoms with Crippen molar-refractivity contribution in [1.29, 1.82) is 0 Å². The molecule has 0 bridgehead atoms. The van der Waals surface area contributed by atoms with Crippen molar-refractivity contribution in [3.05, 3.63) is 29.8 Å². The standard InChI is InChI=1S/C12H9ClF3NO2/c13-6-10(18)9-5-7-3-1-2-4-8(7)17(9)11(19)12(14,15)16/h1-4,9H,5-6H2. The summed E-state index contributed by atoms with van der Waals surface area (Å²) >= 11 is 5.39. The minimum atomic E-state index is -5.03. The maximum Gasteiger partial charge on any atom is 0.471 e. The third-order valence-corrected chi connectivity index (χ3v) is 3.20. The zero-order valence-electron chi connectivity index (χ0n) is 9.58. The maximum absolute atomic E-state index is 12.6. The third-order valence-electron chi connectivity index (χ3n) is 2.94. The SMILES string of the molecule is O=C(CCl)C1Cc2ccccc2N1C(=O)C(F)(F)F. The molecule has 19 heavy (non-hydrogen) atoms. The highest BCUT2D eigenvalue weighted by atomic mass is 35.5. The van der Waals surface area contributed by atoms with Gasteiger partial charge in [0.2, 0.25) is 0 Å². The first-order valence-electron chi connectivity index (χ1n) is 5.43. The van der Waals surface area contributed by atoms with Gasteiger partial charge in [-0.3, -0.25) is 14.5 Å². The highest BCUT2D eigenvalue weighted by Gasteiger charge is 2.49. The van der Waals surface area contributed by atoms with Gasteiger partial charge in [0.25, 0.3) is 0 Å². The van der Waals surface area contributed by atoms with Gasteiger partial charge in [0, 0.05) is 12.1 Å². The molecule has 102 valence electrons. The van der Waals surface area contributed by atoms with Crippen LogP contribution in [0.3, 0.4) is 0 Å². The summed E-state index contributed by atoms with van der Waals surface area (Å²) in [5.74, 6) is -3.07. The zero-order valence-corrected chi connectivity index (χ0v) is 10.3. The number of fused-ring (bicyclic) bond motifs is 1. The molecule has 1 unspecified atom stereocenters. The van der Waals surface area contributed by atoms with Crippen molar-refractivity contribution in [2.75, 3.05) is 10.8 Å². The Labute approximate surface area is 111 Å². The lowest BCUT2D eigenvalue weighted by atomic mass is 10.1. The van der Waals surface area contributed by atoms with Crippen LogP contribution in [0.25, 0.3) is 0 Å². The van der Waals surface area contributed by atoms with E-state index in [0.717, 1.165) is 0 Å². The van der Waals surface area contributed by atoms with Gasteiger partial charge in [-0.05, 0) is 11.6 Å². The normalized spacial score (nSPS) is 18.3. The third kappa shape index (κ3) is 2.45. The number of nitrogens with zero attached hydrogens (tertiary/aromatic N) is 1. The monoisotopic (exact) mass is 291 g/mol. The Morgan fingerprint density at radius 1 is 1.32 bits per heavy atom. The number of ketones is 1. The number of carbonyl (C=O) groups is 2. The molecular weight excluding hydrogens is 283 g/mol. The molecule has 1 heterocycles. The summed E-state index contributed by atoms with van der Waals surface area (Å²) in [4.78, 5) is 23.6. The van der Waals surface area contributed by atoms with E-state index in [4.69, 9.17) is 11.6 Å². The van der Waals surface area contributed by atoms with Crippen LogP contribution in [0.15, 0.2) is 24.3 Å². The quantitative estimate of drug-likeness (QED) is 0.784. The molecule has 7 heteroatoms. The number of benzene rings is 1. The fraction of sp³-hybridized carbons (Fsp3) is 0.333. The molecule has 1 aromatic rings. The molecule has 1 aromatic carbocycles. The number of amides is 1. The number of rotatable bonds is 2. The fourth-order valence-corrected chi connectivity index (χ4v) is 2.30. The number of hydrogen-bond acceptors (Lipinski definition) is 2. The molecule has 0 saturated carbocycles. The Bertz CT molecular complexity index is 530. The Hall–Kier alpha value is -1.56. The van der Waals surface area contributed by atoms with Crippen molar-refractivity contribution < 1.29 is 22.8 Å². The Morgan fingerprint density at radius 2 is 1.95 bits per heavy atom. The molecule has 1 aliphatic heterocycles. The fourth-order valence-electron chi connectivity index (χ4n) is 2.12. The van der Waals surface area contributed by atoms with Gasteiger partial charge in [-0.2, -0.15) is 13.2 Å². The highest BCUT2D eigenvalue weighted by Crippen LogP contribution is 2.35. The highest BCUT2D eigenvalue weighted by molar-refractivity contribution is 6.29. The first-order valence-corrected chi connectivity index (χ1v) is 5.96. The van der Waals surface area contributed by atoms with Gasteiger partial charge in [0.05, 0.1) is 5.88 Å². The van der Waals surface area contributed by atoms with Gasteiger partial charge in [-0.15, -0.1) is 11.6 Å². The molecule has 2 rings (SSSR count). The zero-order chi connectivity index (χ0) is 14.2. The average molecular weight is 292 g/mol. The van der Waals surface area contributed by atoms with Crippen LogP contribution in [0.2, 0.25) is 0 Å². The Balaban J connectivity index is 2.45. The van der Waals surface area contributed by atoms with E-state index in [-0.39, 0.29) is 12.1 Å². The minimum Gasteiger partial charge on any atom is -0.296 e. The van der Waals surface area contributed by atoms with E-state index in [1.54, 1.807) is 12.1 Å². The maximum atomic E-state index is 12.6. The van der Waals surface area contributed by atoms with Crippen LogP contribution in [-0.2, 0) is 16.0 Å². The van der Waals surface area contributed by atoms with Crippen molar-refractivity contribution in [2.45, 2.75) is 18.6 Å². The average Bonchev–Trinajstić information content (AvgIpc) is 2.74. The lowest BCUT2D eigenvalue weighted by Crippen LogP contribution is -2.49. The van der Waals surface area contributed by atoms with Crippen molar-refractivity contribution in [2.24, 2.45) is 0 Å². The van der Waals surface area contributed by atoms with Crippen LogP contribution in [0, 0.1) is 0 Å². The van der Waals surface area contributed by atoms with Gasteiger partial charge in [-0.1, -0.05) is 18.2 Å². The van der Waals surface area contributed by atoms with Crippen molar-refractivity contribution in [3.8, 4) is 0 Å². The molecule has 1 aliphatic rings. The lowest BCUT2D eigenvalue weighted by molar-refractivity contribution is -0.171. The molecular formula is C12H9ClF3NO2. The van der Waals surface area contributed by atoms with E-state index in [0.29, 0.717) is 10.5 Å². The number of Topliss-reactive ketones (excluding diaryl/α,β-unsaturated/α-hetero) is 1. The van der Waals surface area contributed by atoms with Gasteiger partial charge < -0.3 is 0 Å². The minimum absolute atomic E-state index is 0.0591. The van der Waals surface area contributed by atoms with Crippen molar-refractivity contribution in [3.63, 3.8) is 0 Å². The number of anilines is 1. The topological polar surface area (TPSA) is 37.4 Å². The van der Waals surface area contributed by atoms with Gasteiger partial charge in [0.1, 0.15) is 6.04 Å². The first kappa shape index (κ1) is 13.9. The number of carbonyl (C=O) groups excluding carboxylic acids is 2. The summed E-state index contributed by atoms with van der Waals surface area (Å²) in [7, 11) is 0. The first-order chi connectivity index (χ1) is 8.86. The van der Waals surface area contributed by atoms with E-state index in [9.17, 15) is 22.8 Å². The molecule has 0 aliphatic carbocycles. The molecule has 0 spiro atoms. The van der Waals surface area contributed by atoms with E-state index < -0.39 is 29.8 Å². The largest absolute Gasteiger partial charge is 0.471 e. The van der Waals surface area contributed by atoms with E-state index in [2.05, 4.69) is 0 Å². The van der Waals surface area contributed by atoms with Gasteiger partial charge >= 0.3 is 12.1 Å². The van der Waals surface area contributed by atoms with Crippen LogP contribution in [0.1, 0.15) is 5.56 Å². The molecule has 0 N–H and O–H groups in total. The van der Waals surface area contributed by atoms with E-state index in [1.807, 2.05) is 0 Å². The molecule has 3 nitrogen and oxygen atoms in total. The van der Waals surface area contributed by atoms with Crippen molar-refractivity contribution in [1.82, 2.24) is 0 Å². The summed E-state index contributed by atoms with van der Waals surface area (Å²) in [5.41, 5.74) is 0.650. The number of alkyl halides is 4. The molecule has 0 radical (unpaired) electrons. The second kappa shape index (κ2) is 4.85. The van der Waals surface area contributed by atoms with Gasteiger partial charge in [0.15, 0.2) is 5.78 Å². The molecule has 0 saturated heterocycles. The van der Waals surface area contributed by atoms with Crippen LogP contribution < -0.4 is 4.90 Å². The summed E-state index contributed by atoms with van der Waals surface area (Å²) in [6, 6.07) is 4.96. The molecule has 0 fully saturated rings. The van der Waals surface area contributed by atoms with Crippen molar-refractivity contribution >= 4 is 29.0 Å². The predicted octanol–water partition coefficient (Wildman–Crippen LogP) is 2.31. The number of halogens is 4. The smallest absolute Gasteiger partial charge is 0.296 e. The summed E-state index contributed by atoms with van der Waals surface area (Å²) in [6.07, 6.45) is -4.97. The van der Waals surface area contributed by atoms with E-state index in [1.165, 1.54) is 12.1 Å². The number of hydrogen-bond donors (Lipinski definition) is 0. The summed E-state index contributed by atoms with van der Waals surface area (Å²) in [5, 5.41) is 0. The summed E-state index contributed by atoms with van der Waals surface area (Å²) < 4.78 is 37.8. The Morgan fingerprint density at radius 3 is 2.53 bits per heavy atom. The Kier molecular flexibility index (Phi) is 3.54. The number of para-hydroxylation sites is 1. The van der Waals surface area contributed by atoms with Crippen LogP contribution in [0.4, 0.5) is 18.9 Å². The second-order valence-corrected chi connectivity index (χ2v) is 4.39. The molecule has 1 atom stereocenters. The lowest BCUT2D eigenvalue weighted by Gasteiger charge is -2.24.